The zero-order valence-corrected chi connectivity index (χ0v) is 18.2. The van der Waals surface area contributed by atoms with E-state index in [0.717, 1.165) is 12.0 Å². The van der Waals surface area contributed by atoms with Crippen molar-refractivity contribution < 1.29 is 9.59 Å². The van der Waals surface area contributed by atoms with Crippen LogP contribution >= 0.6 is 11.6 Å². The molecule has 1 heterocycles. The maximum atomic E-state index is 14.0. The summed E-state index contributed by atoms with van der Waals surface area (Å²) in [6.45, 7) is 4.05. The normalized spacial score (nSPS) is 27.8. The molecule has 1 aliphatic heterocycles. The summed E-state index contributed by atoms with van der Waals surface area (Å²) in [5.74, 6) is -1.11. The Morgan fingerprint density at radius 1 is 0.903 bits per heavy atom. The van der Waals surface area contributed by atoms with Crippen LogP contribution in [-0.2, 0) is 15.0 Å². The highest BCUT2D eigenvalue weighted by Crippen LogP contribution is 2.65. The van der Waals surface area contributed by atoms with E-state index in [4.69, 9.17) is 11.6 Å². The predicted molar refractivity (Wildman–Crippen MR) is 121 cm³/mol. The number of anilines is 1. The molecule has 154 valence electrons. The molecule has 1 saturated heterocycles. The van der Waals surface area contributed by atoms with Gasteiger partial charge in [-0.2, -0.15) is 0 Å². The molecule has 0 N–H and O–H groups in total. The van der Waals surface area contributed by atoms with Crippen molar-refractivity contribution in [3.05, 3.63) is 99.6 Å². The third-order valence-electron chi connectivity index (χ3n) is 7.77. The second-order valence-corrected chi connectivity index (χ2v) is 9.33. The monoisotopic (exact) mass is 427 g/mol. The molecular weight excluding hydrogens is 406 g/mol. The number of hydrogen-bond acceptors (Lipinski definition) is 2. The van der Waals surface area contributed by atoms with E-state index in [1.54, 1.807) is 6.07 Å². The summed E-state index contributed by atoms with van der Waals surface area (Å²) >= 11 is 6.36. The highest BCUT2D eigenvalue weighted by molar-refractivity contribution is 6.32. The smallest absolute Gasteiger partial charge is 0.238 e. The molecule has 3 aromatic rings. The van der Waals surface area contributed by atoms with Crippen molar-refractivity contribution >= 4 is 29.1 Å². The van der Waals surface area contributed by atoms with Gasteiger partial charge in [-0.25, -0.2) is 4.90 Å². The van der Waals surface area contributed by atoms with Gasteiger partial charge in [0.1, 0.15) is 0 Å². The highest BCUT2D eigenvalue weighted by Gasteiger charge is 2.67. The molecule has 3 nitrogen and oxygen atoms in total. The fraction of sp³-hybridized carbons (Fsp3) is 0.259. The van der Waals surface area contributed by atoms with Gasteiger partial charge in [-0.1, -0.05) is 73.1 Å². The average molecular weight is 428 g/mol. The van der Waals surface area contributed by atoms with Crippen LogP contribution in [0.1, 0.15) is 47.1 Å². The van der Waals surface area contributed by atoms with E-state index in [9.17, 15) is 9.59 Å². The van der Waals surface area contributed by atoms with Crippen molar-refractivity contribution in [2.45, 2.75) is 31.6 Å². The van der Waals surface area contributed by atoms with Crippen LogP contribution in [0.15, 0.2) is 66.7 Å². The zero-order valence-electron chi connectivity index (χ0n) is 17.4. The van der Waals surface area contributed by atoms with Gasteiger partial charge in [0.05, 0.1) is 17.5 Å². The van der Waals surface area contributed by atoms with E-state index in [1.807, 2.05) is 43.3 Å². The van der Waals surface area contributed by atoms with Gasteiger partial charge >= 0.3 is 0 Å². The molecular formula is C27H22ClNO2. The van der Waals surface area contributed by atoms with Crippen LogP contribution in [0.25, 0.3) is 0 Å². The van der Waals surface area contributed by atoms with Gasteiger partial charge in [0.2, 0.25) is 11.8 Å². The number of halogens is 1. The van der Waals surface area contributed by atoms with Gasteiger partial charge in [0, 0.05) is 16.4 Å². The summed E-state index contributed by atoms with van der Waals surface area (Å²) in [4.78, 5) is 29.3. The maximum Gasteiger partial charge on any atom is 0.238 e. The lowest BCUT2D eigenvalue weighted by Crippen LogP contribution is -2.53. The Labute approximate surface area is 186 Å². The maximum absolute atomic E-state index is 14.0. The molecule has 3 aliphatic carbocycles. The molecule has 2 bridgehead atoms. The SMILES string of the molecule is CCC12c3ccccc3C(c3ccccc31)[C@H]1C(=O)N(c3ccc(C)c(Cl)c3)C(=O)[C@H]12. The molecule has 0 aromatic heterocycles. The number of hydrogen-bond donors (Lipinski definition) is 0. The first kappa shape index (κ1) is 18.8. The summed E-state index contributed by atoms with van der Waals surface area (Å²) in [5.41, 5.74) is 5.77. The number of amides is 2. The van der Waals surface area contributed by atoms with Crippen LogP contribution < -0.4 is 4.90 Å². The van der Waals surface area contributed by atoms with Crippen LogP contribution in [0.5, 0.6) is 0 Å². The van der Waals surface area contributed by atoms with Gasteiger partial charge in [-0.3, -0.25) is 9.59 Å². The summed E-state index contributed by atoms with van der Waals surface area (Å²) in [5, 5.41) is 0.563. The molecule has 2 amide bonds. The minimum absolute atomic E-state index is 0.104. The van der Waals surface area contributed by atoms with Crippen LogP contribution in [0.2, 0.25) is 5.02 Å². The molecule has 0 unspecified atom stereocenters. The molecule has 4 heteroatoms. The molecule has 0 radical (unpaired) electrons. The average Bonchev–Trinajstić information content (AvgIpc) is 3.07. The molecule has 3 aromatic carbocycles. The van der Waals surface area contributed by atoms with Crippen LogP contribution in [-0.4, -0.2) is 11.8 Å². The van der Waals surface area contributed by atoms with E-state index in [0.29, 0.717) is 10.7 Å². The Hall–Kier alpha value is -2.91. The Bertz CT molecular complexity index is 1230. The third-order valence-corrected chi connectivity index (χ3v) is 8.17. The Balaban J connectivity index is 1.62. The van der Waals surface area contributed by atoms with Crippen LogP contribution in [0.3, 0.4) is 0 Å². The summed E-state index contributed by atoms with van der Waals surface area (Å²) in [6.07, 6.45) is 0.760. The Morgan fingerprint density at radius 2 is 1.52 bits per heavy atom. The molecule has 0 saturated carbocycles. The summed E-state index contributed by atoms with van der Waals surface area (Å²) in [7, 11) is 0. The molecule has 4 aliphatic rings. The fourth-order valence-electron chi connectivity index (χ4n) is 6.50. The van der Waals surface area contributed by atoms with Crippen molar-refractivity contribution in [1.29, 1.82) is 0 Å². The number of carbonyl (C=O) groups is 2. The standard InChI is InChI=1S/C27H22ClNO2/c1-3-27-19-10-6-4-8-17(19)22(18-9-5-7-11-20(18)27)23-24(27)26(31)29(25(23)30)16-13-12-15(2)21(28)14-16/h4-14,22-24H,3H2,1-2H3/t22?,23-,24+,27?/m1/s1. The number of aryl methyl sites for hydroxylation is 1. The fourth-order valence-corrected chi connectivity index (χ4v) is 6.68. The minimum Gasteiger partial charge on any atom is -0.274 e. The van der Waals surface area contributed by atoms with Crippen molar-refractivity contribution in [3.8, 4) is 0 Å². The molecule has 2 atom stereocenters. The third kappa shape index (κ3) is 2.15. The molecule has 0 spiro atoms. The molecule has 7 rings (SSSR count). The van der Waals surface area contributed by atoms with Crippen molar-refractivity contribution in [2.24, 2.45) is 11.8 Å². The van der Waals surface area contributed by atoms with Crippen molar-refractivity contribution in [3.63, 3.8) is 0 Å². The number of carbonyl (C=O) groups excluding carboxylic acids is 2. The minimum atomic E-state index is -0.497. The predicted octanol–water partition coefficient (Wildman–Crippen LogP) is 5.61. The number of nitrogens with zero attached hydrogens (tertiary/aromatic N) is 1. The van der Waals surface area contributed by atoms with E-state index in [-0.39, 0.29) is 17.7 Å². The highest BCUT2D eigenvalue weighted by atomic mass is 35.5. The van der Waals surface area contributed by atoms with Gasteiger partial charge in [0.15, 0.2) is 0 Å². The Morgan fingerprint density at radius 3 is 2.10 bits per heavy atom. The number of rotatable bonds is 2. The zero-order chi connectivity index (χ0) is 21.5. The lowest BCUT2D eigenvalue weighted by atomic mass is 9.46. The van der Waals surface area contributed by atoms with Crippen LogP contribution in [0, 0.1) is 18.8 Å². The van der Waals surface area contributed by atoms with Gasteiger partial charge in [-0.05, 0) is 53.3 Å². The number of imide groups is 1. The summed E-state index contributed by atoms with van der Waals surface area (Å²) < 4.78 is 0. The van der Waals surface area contributed by atoms with E-state index in [2.05, 4.69) is 31.2 Å². The topological polar surface area (TPSA) is 37.4 Å². The lowest BCUT2D eigenvalue weighted by Gasteiger charge is -2.54. The first-order valence-electron chi connectivity index (χ1n) is 10.8. The summed E-state index contributed by atoms with van der Waals surface area (Å²) in [6, 6.07) is 22.2. The van der Waals surface area contributed by atoms with Gasteiger partial charge < -0.3 is 0 Å². The quantitative estimate of drug-likeness (QED) is 0.498. The van der Waals surface area contributed by atoms with Gasteiger partial charge in [-0.15, -0.1) is 0 Å². The first-order valence-corrected chi connectivity index (χ1v) is 11.2. The second-order valence-electron chi connectivity index (χ2n) is 8.93. The number of benzene rings is 3. The molecule has 1 fully saturated rings. The Kier molecular flexibility index (Phi) is 3.83. The van der Waals surface area contributed by atoms with Gasteiger partial charge in [0.25, 0.3) is 0 Å². The largest absolute Gasteiger partial charge is 0.274 e. The van der Waals surface area contributed by atoms with E-state index < -0.39 is 17.3 Å². The van der Waals surface area contributed by atoms with Crippen molar-refractivity contribution in [2.75, 3.05) is 4.90 Å². The van der Waals surface area contributed by atoms with E-state index >= 15 is 0 Å². The van der Waals surface area contributed by atoms with E-state index in [1.165, 1.54) is 27.2 Å². The lowest BCUT2D eigenvalue weighted by molar-refractivity contribution is -0.123. The van der Waals surface area contributed by atoms with Crippen LogP contribution in [0.4, 0.5) is 5.69 Å². The molecule has 31 heavy (non-hydrogen) atoms. The first-order chi connectivity index (χ1) is 15.0. The van der Waals surface area contributed by atoms with Crippen molar-refractivity contribution in [1.82, 2.24) is 0 Å². The second kappa shape index (κ2) is 6.30.